The maximum Gasteiger partial charge on any atom is 0.751 e. The van der Waals surface area contributed by atoms with Crippen molar-refractivity contribution in [2.75, 3.05) is 13.1 Å². The summed E-state index contributed by atoms with van der Waals surface area (Å²) in [5.41, 5.74) is 6.23. The first kappa shape index (κ1) is 20.2. The number of benzene rings is 2. The number of fused-ring (bicyclic) bond motifs is 2. The minimum absolute atomic E-state index is 0.763. The van der Waals surface area contributed by atoms with Gasteiger partial charge in [-0.2, -0.15) is 0 Å². The zero-order valence-electron chi connectivity index (χ0n) is 19.1. The molecule has 31 heavy (non-hydrogen) atoms. The van der Waals surface area contributed by atoms with Crippen molar-refractivity contribution in [1.82, 2.24) is 0 Å². The Bertz CT molecular complexity index is 1020. The van der Waals surface area contributed by atoms with Gasteiger partial charge in [0, 0.05) is 32.5 Å². The van der Waals surface area contributed by atoms with Crippen LogP contribution in [0.2, 0.25) is 0 Å². The van der Waals surface area contributed by atoms with Crippen molar-refractivity contribution in [3.8, 4) is 11.5 Å². The minimum atomic E-state index is -1.19. The molecule has 3 aliphatic rings. The Morgan fingerprint density at radius 2 is 1.06 bits per heavy atom. The van der Waals surface area contributed by atoms with Gasteiger partial charge in [-0.05, 0) is 74.9 Å². The summed E-state index contributed by atoms with van der Waals surface area (Å²) in [5.74, 6) is 1.57. The Hall–Kier alpha value is -2.76. The van der Waals surface area contributed by atoms with Crippen molar-refractivity contribution < 1.29 is 18.9 Å². The van der Waals surface area contributed by atoms with Gasteiger partial charge in [-0.3, -0.25) is 0 Å². The van der Waals surface area contributed by atoms with Crippen LogP contribution in [0.3, 0.4) is 0 Å². The van der Waals surface area contributed by atoms with Crippen molar-refractivity contribution in [1.29, 1.82) is 0 Å². The third-order valence-corrected chi connectivity index (χ3v) is 6.37. The van der Waals surface area contributed by atoms with Crippen molar-refractivity contribution in [3.05, 3.63) is 46.5 Å². The zero-order valence-corrected chi connectivity index (χ0v) is 19.1. The van der Waals surface area contributed by atoms with Gasteiger partial charge in [0.2, 0.25) is 0 Å². The smallest absolute Gasteiger partial charge is 0.335 e. The van der Waals surface area contributed by atoms with Crippen LogP contribution < -0.4 is 9.47 Å². The number of hydrogen-bond acceptors (Lipinski definition) is 4. The van der Waals surface area contributed by atoms with Gasteiger partial charge in [0.25, 0.3) is 0 Å². The second-order valence-electron chi connectivity index (χ2n) is 9.18. The van der Waals surface area contributed by atoms with Gasteiger partial charge in [0.15, 0.2) is 36.0 Å². The fourth-order valence-corrected chi connectivity index (χ4v) is 4.91. The first-order valence-corrected chi connectivity index (χ1v) is 11.6. The molecular weight excluding hydrogens is 388 g/mol. The zero-order chi connectivity index (χ0) is 21.6. The van der Waals surface area contributed by atoms with Gasteiger partial charge in [-0.15, -0.1) is 0 Å². The first-order chi connectivity index (χ1) is 15.0. The van der Waals surface area contributed by atoms with E-state index < -0.39 is 6.03 Å². The summed E-state index contributed by atoms with van der Waals surface area (Å²) in [6, 6.07) is 7.27. The minimum Gasteiger partial charge on any atom is -0.335 e. The summed E-state index contributed by atoms with van der Waals surface area (Å²) in [6.45, 7) is 9.87. The van der Waals surface area contributed by atoms with Crippen LogP contribution in [0.4, 0.5) is 11.4 Å². The van der Waals surface area contributed by atoms with E-state index in [1.807, 2.05) is 9.39 Å². The van der Waals surface area contributed by atoms with Gasteiger partial charge in [0.05, 0.1) is 0 Å². The third kappa shape index (κ3) is 3.52. The number of aryl methyl sites for hydroxylation is 4. The van der Waals surface area contributed by atoms with Crippen LogP contribution in [0.1, 0.15) is 60.8 Å². The lowest BCUT2D eigenvalue weighted by Gasteiger charge is -2.29. The first-order valence-electron chi connectivity index (χ1n) is 11.6. The van der Waals surface area contributed by atoms with Gasteiger partial charge in [0.1, 0.15) is 0 Å². The van der Waals surface area contributed by atoms with E-state index in [1.165, 1.54) is 36.8 Å². The summed E-state index contributed by atoms with van der Waals surface area (Å²) < 4.78 is 17.5. The van der Waals surface area contributed by atoms with Crippen LogP contribution in [-0.4, -0.2) is 28.5 Å². The molecule has 1 fully saturated rings. The molecular formula is C25H32N4O2+2. The molecule has 6 nitrogen and oxygen atoms in total. The Kier molecular flexibility index (Phi) is 5.03. The molecule has 0 atom stereocenters. The molecule has 2 aromatic rings. The predicted octanol–water partition coefficient (Wildman–Crippen LogP) is 6.56. The van der Waals surface area contributed by atoms with Crippen molar-refractivity contribution in [2.45, 2.75) is 72.3 Å². The molecule has 0 saturated carbocycles. The Balaban J connectivity index is 1.71. The van der Waals surface area contributed by atoms with Crippen LogP contribution in [0.25, 0.3) is 0 Å². The Morgan fingerprint density at radius 1 is 0.645 bits per heavy atom. The maximum absolute atomic E-state index is 6.77. The normalized spacial score (nSPS) is 19.7. The monoisotopic (exact) mass is 420 g/mol. The molecule has 0 aliphatic carbocycles. The summed E-state index contributed by atoms with van der Waals surface area (Å²) in [4.78, 5) is 0. The fourth-order valence-electron chi connectivity index (χ4n) is 4.91. The molecule has 1 saturated heterocycles. The highest BCUT2D eigenvalue weighted by Crippen LogP contribution is 2.46. The Morgan fingerprint density at radius 3 is 1.52 bits per heavy atom. The van der Waals surface area contributed by atoms with Crippen LogP contribution in [0, 0.1) is 27.7 Å². The van der Waals surface area contributed by atoms with Crippen molar-refractivity contribution >= 4 is 11.4 Å². The number of nitrogens with zero attached hydrogens (tertiary/aromatic N) is 4. The molecule has 5 rings (SSSR count). The van der Waals surface area contributed by atoms with Gasteiger partial charge >= 0.3 is 6.03 Å². The average Bonchev–Trinajstić information content (AvgIpc) is 2.75. The lowest BCUT2D eigenvalue weighted by molar-refractivity contribution is -0.954. The van der Waals surface area contributed by atoms with E-state index in [2.05, 4.69) is 52.0 Å². The number of ether oxygens (including phenoxy) is 2. The van der Waals surface area contributed by atoms with Crippen molar-refractivity contribution in [3.63, 3.8) is 0 Å². The SMILES string of the molecule is Cc1cc(C)c2c(c1)N=[N+]1CCCCCCCC[N+]3=Nc4cc(C)cc(C)c4OC13O2. The van der Waals surface area contributed by atoms with Gasteiger partial charge < -0.3 is 9.47 Å². The molecule has 2 aromatic carbocycles. The predicted molar refractivity (Wildman–Crippen MR) is 118 cm³/mol. The molecule has 162 valence electrons. The van der Waals surface area contributed by atoms with Gasteiger partial charge in [-0.25, -0.2) is 0 Å². The topological polar surface area (TPSA) is 49.2 Å². The van der Waals surface area contributed by atoms with Gasteiger partial charge in [-0.1, -0.05) is 25.0 Å². The summed E-state index contributed by atoms with van der Waals surface area (Å²) in [6.07, 6.45) is 6.99. The quantitative estimate of drug-likeness (QED) is 0.453. The molecule has 0 aromatic heterocycles. The van der Waals surface area contributed by atoms with E-state index in [0.29, 0.717) is 0 Å². The molecule has 0 radical (unpaired) electrons. The number of azo groups is 4. The average molecular weight is 421 g/mol. The van der Waals surface area contributed by atoms with Crippen LogP contribution in [0.15, 0.2) is 34.5 Å². The van der Waals surface area contributed by atoms with E-state index in [-0.39, 0.29) is 0 Å². The Labute approximate surface area is 184 Å². The summed E-state index contributed by atoms with van der Waals surface area (Å²) in [7, 11) is 0. The second kappa shape index (κ2) is 7.74. The van der Waals surface area contributed by atoms with Crippen LogP contribution in [-0.2, 0) is 0 Å². The lowest BCUT2D eigenvalue weighted by atomic mass is 10.1. The molecule has 6 heteroatoms. The molecule has 3 heterocycles. The van der Waals surface area contributed by atoms with E-state index in [9.17, 15) is 0 Å². The molecule has 0 N–H and O–H groups in total. The van der Waals surface area contributed by atoms with E-state index >= 15 is 0 Å². The lowest BCUT2D eigenvalue weighted by Crippen LogP contribution is -2.62. The molecule has 3 aliphatic heterocycles. The second-order valence-corrected chi connectivity index (χ2v) is 9.18. The van der Waals surface area contributed by atoms with E-state index in [0.717, 1.165) is 59.9 Å². The number of rotatable bonds is 0. The summed E-state index contributed by atoms with van der Waals surface area (Å²) >= 11 is 0. The molecule has 0 amide bonds. The maximum atomic E-state index is 6.77. The highest BCUT2D eigenvalue weighted by Gasteiger charge is 2.68. The standard InChI is InChI=1S/C25H32N4O2/c1-17-13-19(3)23-21(15-17)26-28-11-9-7-5-6-8-10-12-29-25(28,30-23)31-24-20(4)14-18(2)16-22(24)27-29/h13-16H,5-12H2,1-4H3/q+2. The molecule has 0 bridgehead atoms. The van der Waals surface area contributed by atoms with Crippen molar-refractivity contribution in [2.24, 2.45) is 10.2 Å². The van der Waals surface area contributed by atoms with Crippen LogP contribution in [0.5, 0.6) is 11.5 Å². The number of hydrogen-bond donors (Lipinski definition) is 0. The summed E-state index contributed by atoms with van der Waals surface area (Å²) in [5, 5.41) is 10.1. The van der Waals surface area contributed by atoms with Crippen LogP contribution >= 0.6 is 0 Å². The highest BCUT2D eigenvalue weighted by atomic mass is 16.8. The largest absolute Gasteiger partial charge is 0.751 e. The van der Waals surface area contributed by atoms with E-state index in [1.54, 1.807) is 0 Å². The molecule has 1 spiro atoms. The third-order valence-electron chi connectivity index (χ3n) is 6.37. The van der Waals surface area contributed by atoms with E-state index in [4.69, 9.17) is 19.7 Å². The fraction of sp³-hybridized carbons (Fsp3) is 0.520. The molecule has 0 unspecified atom stereocenters. The highest BCUT2D eigenvalue weighted by molar-refractivity contribution is 5.59.